The van der Waals surface area contributed by atoms with Gasteiger partial charge in [0.1, 0.15) is 24.4 Å². The van der Waals surface area contributed by atoms with Crippen molar-refractivity contribution < 1.29 is 39.8 Å². The van der Waals surface area contributed by atoms with Gasteiger partial charge in [-0.1, -0.05) is 204 Å². The Morgan fingerprint density at radius 1 is 0.559 bits per heavy atom. The van der Waals surface area contributed by atoms with E-state index in [4.69, 9.17) is 9.47 Å². The third-order valence-electron chi connectivity index (χ3n) is 11.7. The largest absolute Gasteiger partial charge is 0.394 e. The molecule has 0 aromatic carbocycles. The zero-order chi connectivity index (χ0) is 43.0. The zero-order valence-electron chi connectivity index (χ0n) is 38.0. The van der Waals surface area contributed by atoms with E-state index >= 15 is 0 Å². The van der Waals surface area contributed by atoms with Gasteiger partial charge in [0.2, 0.25) is 5.91 Å². The lowest BCUT2D eigenvalue weighted by molar-refractivity contribution is -0.302. The number of unbranched alkanes of at least 4 members (excludes halogenated alkanes) is 27. The van der Waals surface area contributed by atoms with Crippen LogP contribution in [0.5, 0.6) is 0 Å². The molecule has 1 fully saturated rings. The molecular weight excluding hydrogens is 743 g/mol. The summed E-state index contributed by atoms with van der Waals surface area (Å²) in [5.41, 5.74) is 0. The average Bonchev–Trinajstić information content (AvgIpc) is 3.23. The first kappa shape index (κ1) is 55.4. The second kappa shape index (κ2) is 40.5. The maximum atomic E-state index is 12.8. The molecule has 0 bridgehead atoms. The number of aliphatic hydroxyl groups is 5. The van der Waals surface area contributed by atoms with Crippen LogP contribution < -0.4 is 5.32 Å². The Morgan fingerprint density at radius 3 is 1.42 bits per heavy atom. The molecule has 59 heavy (non-hydrogen) atoms. The SMILES string of the molecule is CCCCCCCCCCCCCCCCCCCCCC/C=C/CC/C=C/CC/C=C/C(O)C(COC1OC(CO)C(O)C(O)C1O)NC(=O)CCCCCCCC. The molecule has 346 valence electrons. The molecule has 0 saturated carbocycles. The Balaban J connectivity index is 2.16. The van der Waals surface area contributed by atoms with E-state index in [1.54, 1.807) is 6.08 Å². The van der Waals surface area contributed by atoms with Gasteiger partial charge >= 0.3 is 0 Å². The molecule has 7 unspecified atom stereocenters. The molecule has 1 saturated heterocycles. The van der Waals surface area contributed by atoms with E-state index in [0.29, 0.717) is 6.42 Å². The van der Waals surface area contributed by atoms with Gasteiger partial charge in [0.25, 0.3) is 0 Å². The summed E-state index contributed by atoms with van der Waals surface area (Å²) < 4.78 is 11.1. The molecule has 1 amide bonds. The fraction of sp³-hybridized carbons (Fsp3) is 0.860. The highest BCUT2D eigenvalue weighted by Gasteiger charge is 2.44. The van der Waals surface area contributed by atoms with Gasteiger partial charge in [-0.3, -0.25) is 4.79 Å². The second-order valence-electron chi connectivity index (χ2n) is 17.2. The van der Waals surface area contributed by atoms with Crippen LogP contribution in [0.1, 0.15) is 219 Å². The second-order valence-corrected chi connectivity index (χ2v) is 17.2. The monoisotopic (exact) mass is 836 g/mol. The lowest BCUT2D eigenvalue weighted by Gasteiger charge is -2.40. The zero-order valence-corrected chi connectivity index (χ0v) is 38.0. The van der Waals surface area contributed by atoms with Gasteiger partial charge in [-0.25, -0.2) is 0 Å². The minimum atomic E-state index is -1.57. The lowest BCUT2D eigenvalue weighted by Crippen LogP contribution is -2.60. The molecule has 0 aliphatic carbocycles. The highest BCUT2D eigenvalue weighted by Crippen LogP contribution is 2.23. The normalized spacial score (nSPS) is 21.0. The fourth-order valence-corrected chi connectivity index (χ4v) is 7.72. The van der Waals surface area contributed by atoms with Crippen LogP contribution in [-0.2, 0) is 14.3 Å². The summed E-state index contributed by atoms with van der Waals surface area (Å²) in [4.78, 5) is 12.8. The molecule has 6 N–H and O–H groups in total. The van der Waals surface area contributed by atoms with E-state index in [0.717, 1.165) is 57.8 Å². The van der Waals surface area contributed by atoms with Crippen molar-refractivity contribution in [2.24, 2.45) is 0 Å². The number of carbonyl (C=O) groups is 1. The maximum absolute atomic E-state index is 12.8. The standard InChI is InChI=1S/C50H93NO8/c1-3-5-7-9-11-12-13-14-15-16-17-18-19-20-21-22-23-24-25-26-27-28-29-30-31-32-33-34-35-37-39-44(53)43(51-46(54)40-38-36-10-8-6-4-2)42-58-50-49(57)48(56)47(55)45(41-52)59-50/h28-29,32-33,37,39,43-45,47-50,52-53,55-57H,3-27,30-31,34-36,38,40-42H2,1-2H3,(H,51,54)/b29-28+,33-32+,39-37+. The summed E-state index contributed by atoms with van der Waals surface area (Å²) in [6.07, 6.45) is 44.1. The average molecular weight is 836 g/mol. The summed E-state index contributed by atoms with van der Waals surface area (Å²) >= 11 is 0. The minimum Gasteiger partial charge on any atom is -0.394 e. The first-order chi connectivity index (χ1) is 28.8. The Labute approximate surface area is 361 Å². The summed E-state index contributed by atoms with van der Waals surface area (Å²) in [5, 5.41) is 53.9. The van der Waals surface area contributed by atoms with E-state index < -0.39 is 49.5 Å². The Bertz CT molecular complexity index is 1020. The van der Waals surface area contributed by atoms with Gasteiger partial charge in [0.05, 0.1) is 25.4 Å². The van der Waals surface area contributed by atoms with Gasteiger partial charge in [-0.05, 0) is 44.9 Å². The van der Waals surface area contributed by atoms with Crippen LogP contribution in [0.2, 0.25) is 0 Å². The Kier molecular flexibility index (Phi) is 38.0. The molecule has 7 atom stereocenters. The molecule has 1 heterocycles. The molecule has 0 spiro atoms. The Hall–Kier alpha value is -1.59. The van der Waals surface area contributed by atoms with Gasteiger partial charge in [-0.2, -0.15) is 0 Å². The van der Waals surface area contributed by atoms with Crippen molar-refractivity contribution in [1.82, 2.24) is 5.32 Å². The van der Waals surface area contributed by atoms with Gasteiger partial charge in [0.15, 0.2) is 6.29 Å². The van der Waals surface area contributed by atoms with Crippen LogP contribution in [-0.4, -0.2) is 87.5 Å². The van der Waals surface area contributed by atoms with Crippen LogP contribution in [0.15, 0.2) is 36.5 Å². The fourth-order valence-electron chi connectivity index (χ4n) is 7.72. The summed E-state index contributed by atoms with van der Waals surface area (Å²) in [5.74, 6) is -0.201. The van der Waals surface area contributed by atoms with E-state index in [-0.39, 0.29) is 12.5 Å². The minimum absolute atomic E-state index is 0.201. The number of ether oxygens (including phenoxy) is 2. The number of hydrogen-bond donors (Lipinski definition) is 6. The first-order valence-electron chi connectivity index (χ1n) is 24.7. The molecule has 9 heteroatoms. The number of aliphatic hydroxyl groups excluding tert-OH is 5. The number of amides is 1. The molecule has 0 aromatic heterocycles. The van der Waals surface area contributed by atoms with Crippen molar-refractivity contribution in [2.75, 3.05) is 13.2 Å². The highest BCUT2D eigenvalue weighted by molar-refractivity contribution is 5.76. The van der Waals surface area contributed by atoms with Crippen molar-refractivity contribution in [1.29, 1.82) is 0 Å². The predicted molar refractivity (Wildman–Crippen MR) is 244 cm³/mol. The van der Waals surface area contributed by atoms with E-state index in [1.807, 2.05) is 6.08 Å². The Morgan fingerprint density at radius 2 is 0.966 bits per heavy atom. The van der Waals surface area contributed by atoms with Crippen molar-refractivity contribution in [2.45, 2.75) is 262 Å². The molecule has 9 nitrogen and oxygen atoms in total. The number of hydrogen-bond acceptors (Lipinski definition) is 8. The molecular formula is C50H93NO8. The third kappa shape index (κ3) is 31.0. The van der Waals surface area contributed by atoms with Gasteiger partial charge in [-0.15, -0.1) is 0 Å². The van der Waals surface area contributed by atoms with Crippen LogP contribution in [0.25, 0.3) is 0 Å². The quantitative estimate of drug-likeness (QED) is 0.0263. The lowest BCUT2D eigenvalue weighted by atomic mass is 9.99. The third-order valence-corrected chi connectivity index (χ3v) is 11.7. The van der Waals surface area contributed by atoms with Crippen LogP contribution in [0, 0.1) is 0 Å². The van der Waals surface area contributed by atoms with Crippen LogP contribution in [0.3, 0.4) is 0 Å². The van der Waals surface area contributed by atoms with E-state index in [2.05, 4.69) is 43.5 Å². The van der Waals surface area contributed by atoms with E-state index in [9.17, 15) is 30.3 Å². The van der Waals surface area contributed by atoms with Crippen LogP contribution >= 0.6 is 0 Å². The smallest absolute Gasteiger partial charge is 0.220 e. The van der Waals surface area contributed by atoms with Crippen molar-refractivity contribution >= 4 is 5.91 Å². The van der Waals surface area contributed by atoms with Crippen molar-refractivity contribution in [3.8, 4) is 0 Å². The topological polar surface area (TPSA) is 149 Å². The summed E-state index contributed by atoms with van der Waals surface area (Å²) in [7, 11) is 0. The van der Waals surface area contributed by atoms with E-state index in [1.165, 1.54) is 141 Å². The van der Waals surface area contributed by atoms with Crippen molar-refractivity contribution in [3.05, 3.63) is 36.5 Å². The van der Waals surface area contributed by atoms with Gasteiger partial charge < -0.3 is 40.3 Å². The van der Waals surface area contributed by atoms with Gasteiger partial charge in [0, 0.05) is 6.42 Å². The predicted octanol–water partition coefficient (Wildman–Crippen LogP) is 10.8. The first-order valence-corrected chi connectivity index (χ1v) is 24.7. The summed E-state index contributed by atoms with van der Waals surface area (Å²) in [6.45, 7) is 3.68. The molecule has 1 aliphatic heterocycles. The number of allylic oxidation sites excluding steroid dienone is 5. The highest BCUT2D eigenvalue weighted by atomic mass is 16.7. The number of carbonyl (C=O) groups excluding carboxylic acids is 1. The maximum Gasteiger partial charge on any atom is 0.220 e. The summed E-state index contributed by atoms with van der Waals surface area (Å²) in [6, 6.07) is -0.822. The molecule has 1 aliphatic rings. The molecule has 1 rings (SSSR count). The molecule has 0 aromatic rings. The van der Waals surface area contributed by atoms with Crippen LogP contribution in [0.4, 0.5) is 0 Å². The molecule has 0 radical (unpaired) electrons. The number of nitrogens with one attached hydrogen (secondary N) is 1. The number of rotatable bonds is 41. The van der Waals surface area contributed by atoms with Crippen molar-refractivity contribution in [3.63, 3.8) is 0 Å².